The van der Waals surface area contributed by atoms with Crippen molar-refractivity contribution in [2.75, 3.05) is 42.3 Å². The second kappa shape index (κ2) is 13.2. The number of Topliss-reactive ketones (excluding diaryl/α,β-unsaturated/α-hetero) is 1. The minimum atomic E-state index is -3.91. The Kier molecular flexibility index (Phi) is 10.1. The molecule has 2 aromatic rings. The number of halogens is 3. The van der Waals surface area contributed by atoms with Crippen LogP contribution in [0.3, 0.4) is 0 Å². The first-order valence-electron chi connectivity index (χ1n) is 12.8. The molecule has 3 amide bonds. The summed E-state index contributed by atoms with van der Waals surface area (Å²) in [6.07, 6.45) is 1.40. The topological polar surface area (TPSA) is 142 Å². The molecule has 4 N–H and O–H groups in total. The summed E-state index contributed by atoms with van der Waals surface area (Å²) in [7, 11) is -3.91. The molecule has 0 unspecified atom stereocenters. The molecule has 2 aromatic carbocycles. The van der Waals surface area contributed by atoms with Crippen LogP contribution in [0.4, 0.5) is 16.2 Å². The number of carbonyl (C=O) groups excluding carboxylic acids is 3. The van der Waals surface area contributed by atoms with Gasteiger partial charge in [0.05, 0.1) is 11.4 Å². The first kappa shape index (κ1) is 30.8. The maximum Gasteiger partial charge on any atom is 0.322 e. The van der Waals surface area contributed by atoms with Crippen molar-refractivity contribution in [2.24, 2.45) is 0 Å². The van der Waals surface area contributed by atoms with Crippen LogP contribution in [0.1, 0.15) is 35.2 Å². The summed E-state index contributed by atoms with van der Waals surface area (Å²) in [5, 5.41) is 2.98. The minimum Gasteiger partial charge on any atom is -0.397 e. The molecule has 1 saturated heterocycles. The zero-order valence-electron chi connectivity index (χ0n) is 21.5. The van der Waals surface area contributed by atoms with Crippen molar-refractivity contribution in [1.29, 1.82) is 0 Å². The van der Waals surface area contributed by atoms with E-state index in [4.69, 9.17) is 17.3 Å². The van der Waals surface area contributed by atoms with Crippen molar-refractivity contribution >= 4 is 82.6 Å². The Balaban J connectivity index is 1.45. The van der Waals surface area contributed by atoms with Gasteiger partial charge in [-0.05, 0) is 74.9 Å². The molecule has 0 radical (unpaired) electrons. The molecule has 0 saturated carbocycles. The quantitative estimate of drug-likeness (QED) is 0.204. The number of sulfonamides is 1. The summed E-state index contributed by atoms with van der Waals surface area (Å²) >= 11 is 12.3. The Hall–Kier alpha value is -2.19. The second-order valence-corrected chi connectivity index (χ2v) is 13.7. The number of likely N-dealkylation sites (tertiary alicyclic amines) is 1. The van der Waals surface area contributed by atoms with Crippen LogP contribution in [0, 0.1) is 0 Å². The second-order valence-electron chi connectivity index (χ2n) is 9.75. The number of urea groups is 1. The van der Waals surface area contributed by atoms with Crippen LogP contribution >= 0.6 is 43.5 Å². The number of fused-ring (bicyclic) bond motifs is 1. The van der Waals surface area contributed by atoms with Crippen LogP contribution in [0.2, 0.25) is 0 Å². The number of nitrogens with zero attached hydrogens (tertiary/aromatic N) is 2. The Bertz CT molecular complexity index is 1380. The number of hydrogen-bond acceptors (Lipinski definition) is 6. The average molecular weight is 720 g/mol. The highest BCUT2D eigenvalue weighted by Gasteiger charge is 2.35. The lowest BCUT2D eigenvalue weighted by Gasteiger charge is -2.39. The van der Waals surface area contributed by atoms with E-state index in [0.717, 1.165) is 17.7 Å². The molecule has 0 spiro atoms. The average Bonchev–Trinajstić information content (AvgIpc) is 3.08. The molecule has 4 rings (SSSR count). The van der Waals surface area contributed by atoms with E-state index in [9.17, 15) is 22.8 Å². The number of ketones is 1. The monoisotopic (exact) mass is 717 g/mol. The van der Waals surface area contributed by atoms with Crippen LogP contribution < -0.4 is 15.8 Å². The third kappa shape index (κ3) is 7.35. The van der Waals surface area contributed by atoms with Gasteiger partial charge in [-0.1, -0.05) is 18.2 Å². The van der Waals surface area contributed by atoms with Gasteiger partial charge in [-0.3, -0.25) is 9.59 Å². The highest BCUT2D eigenvalue weighted by atomic mass is 79.9. The van der Waals surface area contributed by atoms with Crippen molar-refractivity contribution in [1.82, 2.24) is 14.5 Å². The van der Waals surface area contributed by atoms with Gasteiger partial charge >= 0.3 is 6.03 Å². The smallest absolute Gasteiger partial charge is 0.322 e. The molecule has 0 aromatic heterocycles. The standard InChI is InChI=1S/C26H30Br2ClN5O5S/c27-19-13-17(14-20(28)24(19)30)23(35)15-22(32-40(38,39)12-8-29)25(36)33-9-6-18(7-10-33)34-11-5-16-3-1-2-4-21(16)31-26(34)37/h1-4,13-14,18,22,32H,5-12,15,30H2,(H,31,37)/t22-/m0/s1. The molecular weight excluding hydrogens is 690 g/mol. The number of nitrogens with two attached hydrogens (primary N) is 1. The number of carbonyl (C=O) groups is 3. The third-order valence-corrected chi connectivity index (χ3v) is 10.2. The van der Waals surface area contributed by atoms with E-state index in [0.29, 0.717) is 47.1 Å². The highest BCUT2D eigenvalue weighted by Crippen LogP contribution is 2.30. The van der Waals surface area contributed by atoms with Crippen LogP contribution in [0.25, 0.3) is 0 Å². The van der Waals surface area contributed by atoms with Gasteiger partial charge in [0.2, 0.25) is 15.9 Å². The van der Waals surface area contributed by atoms with Crippen molar-refractivity contribution in [3.05, 3.63) is 56.5 Å². The fourth-order valence-corrected chi connectivity index (χ4v) is 7.70. The van der Waals surface area contributed by atoms with Gasteiger partial charge in [-0.2, -0.15) is 0 Å². The normalized spacial score (nSPS) is 17.1. The van der Waals surface area contributed by atoms with Crippen LogP contribution in [-0.2, 0) is 21.2 Å². The Morgan fingerprint density at radius 1 is 1.12 bits per heavy atom. The highest BCUT2D eigenvalue weighted by molar-refractivity contribution is 9.11. The molecule has 1 atom stereocenters. The SMILES string of the molecule is Nc1c(Br)cc(C(=O)C[C@H](NS(=O)(=O)CCCl)C(=O)N2CCC(N3CCc4ccccc4NC3=O)CC2)cc1Br. The number of amides is 3. The van der Waals surface area contributed by atoms with Crippen molar-refractivity contribution in [3.63, 3.8) is 0 Å². The van der Waals surface area contributed by atoms with Gasteiger partial charge in [0.1, 0.15) is 6.04 Å². The Labute approximate surface area is 255 Å². The maximum absolute atomic E-state index is 13.6. The number of benzene rings is 2. The molecule has 2 aliphatic rings. The molecule has 1 fully saturated rings. The number of nitrogens with one attached hydrogen (secondary N) is 2. The largest absolute Gasteiger partial charge is 0.397 e. The summed E-state index contributed by atoms with van der Waals surface area (Å²) in [6, 6.07) is 9.22. The lowest BCUT2D eigenvalue weighted by molar-refractivity contribution is -0.134. The predicted octanol–water partition coefficient (Wildman–Crippen LogP) is 3.97. The van der Waals surface area contributed by atoms with E-state index < -0.39 is 27.8 Å². The van der Waals surface area contributed by atoms with Crippen molar-refractivity contribution in [3.8, 4) is 0 Å². The molecule has 2 heterocycles. The summed E-state index contributed by atoms with van der Waals surface area (Å²) < 4.78 is 28.5. The molecule has 40 heavy (non-hydrogen) atoms. The summed E-state index contributed by atoms with van der Waals surface area (Å²) in [4.78, 5) is 43.0. The summed E-state index contributed by atoms with van der Waals surface area (Å²) in [6.45, 7) is 1.20. The van der Waals surface area contributed by atoms with E-state index >= 15 is 0 Å². The zero-order valence-corrected chi connectivity index (χ0v) is 26.3. The number of anilines is 2. The molecule has 14 heteroatoms. The third-order valence-electron chi connectivity index (χ3n) is 7.12. The predicted molar refractivity (Wildman–Crippen MR) is 162 cm³/mol. The molecule has 216 valence electrons. The van der Waals surface area contributed by atoms with Gasteiger partial charge in [-0.15, -0.1) is 11.6 Å². The fraction of sp³-hybridized carbons (Fsp3) is 0.423. The van der Waals surface area contributed by atoms with Gasteiger partial charge in [0.25, 0.3) is 0 Å². The Morgan fingerprint density at radius 3 is 2.42 bits per heavy atom. The first-order chi connectivity index (χ1) is 19.0. The molecule has 0 bridgehead atoms. The number of nitrogen functional groups attached to an aromatic ring is 1. The van der Waals surface area contributed by atoms with Crippen LogP contribution in [0.5, 0.6) is 0 Å². The van der Waals surface area contributed by atoms with E-state index in [1.807, 2.05) is 29.2 Å². The number of piperidine rings is 1. The van der Waals surface area contributed by atoms with E-state index in [-0.39, 0.29) is 35.7 Å². The Morgan fingerprint density at radius 2 is 1.77 bits per heavy atom. The van der Waals surface area contributed by atoms with Crippen LogP contribution in [-0.4, -0.2) is 79.3 Å². The lowest BCUT2D eigenvalue weighted by Crippen LogP contribution is -2.55. The van der Waals surface area contributed by atoms with Gasteiger partial charge in [0, 0.05) is 58.2 Å². The van der Waals surface area contributed by atoms with Crippen molar-refractivity contribution < 1.29 is 22.8 Å². The van der Waals surface area contributed by atoms with Gasteiger partial charge < -0.3 is 20.9 Å². The molecule has 2 aliphatic heterocycles. The minimum absolute atomic E-state index is 0.0733. The van der Waals surface area contributed by atoms with E-state index in [1.54, 1.807) is 4.90 Å². The number of alkyl halides is 1. The lowest BCUT2D eigenvalue weighted by atomic mass is 9.99. The molecular formula is C26H30Br2ClN5O5S. The number of para-hydroxylation sites is 1. The molecule has 10 nitrogen and oxygen atoms in total. The number of rotatable bonds is 9. The molecule has 0 aliphatic carbocycles. The fourth-order valence-electron chi connectivity index (χ4n) is 4.96. The van der Waals surface area contributed by atoms with Gasteiger partial charge in [-0.25, -0.2) is 17.9 Å². The maximum atomic E-state index is 13.6. The van der Waals surface area contributed by atoms with E-state index in [1.165, 1.54) is 12.1 Å². The number of hydrogen-bond donors (Lipinski definition) is 3. The zero-order chi connectivity index (χ0) is 29.0. The van der Waals surface area contributed by atoms with Crippen molar-refractivity contribution in [2.45, 2.75) is 37.8 Å². The van der Waals surface area contributed by atoms with Gasteiger partial charge in [0.15, 0.2) is 5.78 Å². The first-order valence-corrected chi connectivity index (χ1v) is 16.5. The summed E-state index contributed by atoms with van der Waals surface area (Å²) in [5.41, 5.74) is 8.48. The van der Waals surface area contributed by atoms with E-state index in [2.05, 4.69) is 41.9 Å². The summed E-state index contributed by atoms with van der Waals surface area (Å²) in [5.74, 6) is -1.47. The van der Waals surface area contributed by atoms with Crippen LogP contribution in [0.15, 0.2) is 45.3 Å².